The number of carbonyl (C=O) groups excluding carboxylic acids is 1. The van der Waals surface area contributed by atoms with Crippen LogP contribution in [0.3, 0.4) is 0 Å². The third-order valence-electron chi connectivity index (χ3n) is 3.04. The number of hydrogen-bond donors (Lipinski definition) is 1. The lowest BCUT2D eigenvalue weighted by Crippen LogP contribution is -2.34. The van der Waals surface area contributed by atoms with Crippen molar-refractivity contribution in [2.75, 3.05) is 52.6 Å². The average molecular weight is 302 g/mol. The number of alkyl carbamates (subject to hydrolysis) is 1. The second kappa shape index (κ2) is 9.97. The Morgan fingerprint density at radius 1 is 1.05 bits per heavy atom. The van der Waals surface area contributed by atoms with Crippen molar-refractivity contribution in [3.63, 3.8) is 0 Å². The Kier molecular flexibility index (Phi) is 8.64. The average Bonchev–Trinajstić information content (AvgIpc) is 2.87. The molecule has 0 atom stereocenters. The minimum atomic E-state index is -0.464. The number of carbonyl (C=O) groups is 1. The first-order chi connectivity index (χ1) is 9.97. The van der Waals surface area contributed by atoms with Gasteiger partial charge in [-0.15, -0.1) is 0 Å². The molecule has 0 aliphatic carbocycles. The lowest BCUT2D eigenvalue weighted by molar-refractivity contribution is 0.0358. The summed E-state index contributed by atoms with van der Waals surface area (Å²) < 4.78 is 16.0. The van der Waals surface area contributed by atoms with E-state index in [0.29, 0.717) is 26.4 Å². The number of rotatable bonds is 9. The molecule has 0 bridgehead atoms. The van der Waals surface area contributed by atoms with Crippen LogP contribution in [0.15, 0.2) is 0 Å². The summed E-state index contributed by atoms with van der Waals surface area (Å²) in [5.41, 5.74) is -0.464. The molecule has 1 fully saturated rings. The fourth-order valence-electron chi connectivity index (χ4n) is 2.06. The molecule has 6 nitrogen and oxygen atoms in total. The SMILES string of the molecule is CC(C)(C)OC(=O)NCCOCCOCCN1CCCC1. The molecule has 0 saturated carbocycles. The zero-order valence-electron chi connectivity index (χ0n) is 13.7. The van der Waals surface area contributed by atoms with Crippen molar-refractivity contribution in [1.82, 2.24) is 10.2 Å². The van der Waals surface area contributed by atoms with E-state index in [0.717, 1.165) is 13.2 Å². The van der Waals surface area contributed by atoms with E-state index in [1.54, 1.807) is 0 Å². The summed E-state index contributed by atoms with van der Waals surface area (Å²) in [6.45, 7) is 11.8. The van der Waals surface area contributed by atoms with Gasteiger partial charge in [0.15, 0.2) is 0 Å². The summed E-state index contributed by atoms with van der Waals surface area (Å²) in [6.07, 6.45) is 2.22. The topological polar surface area (TPSA) is 60.0 Å². The van der Waals surface area contributed by atoms with Gasteiger partial charge < -0.3 is 24.4 Å². The van der Waals surface area contributed by atoms with Crippen molar-refractivity contribution in [2.45, 2.75) is 39.2 Å². The zero-order chi connectivity index (χ0) is 15.6. The molecule has 6 heteroatoms. The summed E-state index contributed by atoms with van der Waals surface area (Å²) in [5, 5.41) is 2.64. The summed E-state index contributed by atoms with van der Waals surface area (Å²) in [4.78, 5) is 13.8. The van der Waals surface area contributed by atoms with Crippen LogP contribution in [0.25, 0.3) is 0 Å². The second-order valence-electron chi connectivity index (χ2n) is 6.20. The summed E-state index contributed by atoms with van der Waals surface area (Å²) in [5.74, 6) is 0. The number of nitrogens with zero attached hydrogens (tertiary/aromatic N) is 1. The molecule has 21 heavy (non-hydrogen) atoms. The molecule has 0 spiro atoms. The highest BCUT2D eigenvalue weighted by molar-refractivity contribution is 5.67. The zero-order valence-corrected chi connectivity index (χ0v) is 13.7. The van der Waals surface area contributed by atoms with Gasteiger partial charge in [0.05, 0.1) is 26.4 Å². The Hall–Kier alpha value is -0.850. The molecule has 1 heterocycles. The fraction of sp³-hybridized carbons (Fsp3) is 0.933. The van der Waals surface area contributed by atoms with Crippen LogP contribution >= 0.6 is 0 Å². The highest BCUT2D eigenvalue weighted by Crippen LogP contribution is 2.06. The number of nitrogens with one attached hydrogen (secondary N) is 1. The summed E-state index contributed by atoms with van der Waals surface area (Å²) in [6, 6.07) is 0. The van der Waals surface area contributed by atoms with Crippen molar-refractivity contribution in [3.8, 4) is 0 Å². The predicted molar refractivity (Wildman–Crippen MR) is 81.5 cm³/mol. The van der Waals surface area contributed by atoms with Crippen molar-refractivity contribution in [2.24, 2.45) is 0 Å². The van der Waals surface area contributed by atoms with Crippen LogP contribution in [0.1, 0.15) is 33.6 Å². The van der Waals surface area contributed by atoms with Crippen molar-refractivity contribution < 1.29 is 19.0 Å². The highest BCUT2D eigenvalue weighted by atomic mass is 16.6. The largest absolute Gasteiger partial charge is 0.444 e. The Bertz CT molecular complexity index is 286. The molecular weight excluding hydrogens is 272 g/mol. The maximum Gasteiger partial charge on any atom is 0.407 e. The molecule has 1 aliphatic heterocycles. The maximum absolute atomic E-state index is 11.3. The smallest absolute Gasteiger partial charge is 0.407 e. The van der Waals surface area contributed by atoms with Crippen LogP contribution in [-0.4, -0.2) is 69.2 Å². The Morgan fingerprint density at radius 2 is 1.67 bits per heavy atom. The first-order valence-corrected chi connectivity index (χ1v) is 7.82. The van der Waals surface area contributed by atoms with Crippen LogP contribution in [0.5, 0.6) is 0 Å². The van der Waals surface area contributed by atoms with Crippen LogP contribution in [0.2, 0.25) is 0 Å². The van der Waals surface area contributed by atoms with Gasteiger partial charge in [-0.1, -0.05) is 0 Å². The molecule has 124 valence electrons. The molecular formula is C15H30N2O4. The fourth-order valence-corrected chi connectivity index (χ4v) is 2.06. The van der Waals surface area contributed by atoms with Gasteiger partial charge in [-0.2, -0.15) is 0 Å². The number of amides is 1. The molecule has 0 aromatic rings. The summed E-state index contributed by atoms with van der Waals surface area (Å²) in [7, 11) is 0. The normalized spacial score (nSPS) is 16.1. The minimum absolute atomic E-state index is 0.409. The molecule has 1 N–H and O–H groups in total. The van der Waals surface area contributed by atoms with Crippen molar-refractivity contribution >= 4 is 6.09 Å². The van der Waals surface area contributed by atoms with Crippen molar-refractivity contribution in [1.29, 1.82) is 0 Å². The van der Waals surface area contributed by atoms with Gasteiger partial charge >= 0.3 is 6.09 Å². The Labute approximate surface area is 128 Å². The first kappa shape index (κ1) is 18.2. The molecule has 0 unspecified atom stereocenters. The maximum atomic E-state index is 11.3. The number of hydrogen-bond acceptors (Lipinski definition) is 5. The van der Waals surface area contributed by atoms with Gasteiger partial charge in [0, 0.05) is 13.1 Å². The van der Waals surface area contributed by atoms with E-state index in [-0.39, 0.29) is 0 Å². The minimum Gasteiger partial charge on any atom is -0.444 e. The van der Waals surface area contributed by atoms with Gasteiger partial charge in [-0.3, -0.25) is 0 Å². The lowest BCUT2D eigenvalue weighted by Gasteiger charge is -2.19. The van der Waals surface area contributed by atoms with E-state index in [9.17, 15) is 4.79 Å². The molecule has 1 saturated heterocycles. The Balaban J connectivity index is 1.81. The third kappa shape index (κ3) is 10.5. The van der Waals surface area contributed by atoms with E-state index in [1.807, 2.05) is 20.8 Å². The standard InChI is InChI=1S/C15H30N2O4/c1-15(2,3)21-14(18)16-6-10-19-12-13-20-11-9-17-7-4-5-8-17/h4-13H2,1-3H3,(H,16,18). The number of ether oxygens (including phenoxy) is 3. The van der Waals surface area contributed by atoms with E-state index >= 15 is 0 Å². The molecule has 0 aromatic carbocycles. The van der Waals surface area contributed by atoms with Crippen LogP contribution in [0, 0.1) is 0 Å². The molecule has 0 aromatic heterocycles. The second-order valence-corrected chi connectivity index (χ2v) is 6.20. The number of likely N-dealkylation sites (tertiary alicyclic amines) is 1. The monoisotopic (exact) mass is 302 g/mol. The molecule has 1 rings (SSSR count). The van der Waals surface area contributed by atoms with E-state index in [2.05, 4.69) is 10.2 Å². The van der Waals surface area contributed by atoms with Gasteiger partial charge in [-0.25, -0.2) is 4.79 Å². The first-order valence-electron chi connectivity index (χ1n) is 7.82. The highest BCUT2D eigenvalue weighted by Gasteiger charge is 2.15. The molecule has 0 radical (unpaired) electrons. The van der Waals surface area contributed by atoms with E-state index in [4.69, 9.17) is 14.2 Å². The van der Waals surface area contributed by atoms with Crippen LogP contribution in [-0.2, 0) is 14.2 Å². The predicted octanol–water partition coefficient (Wildman–Crippen LogP) is 1.64. The van der Waals surface area contributed by atoms with Gasteiger partial charge in [-0.05, 0) is 46.7 Å². The van der Waals surface area contributed by atoms with Crippen molar-refractivity contribution in [3.05, 3.63) is 0 Å². The molecule has 1 amide bonds. The Morgan fingerprint density at radius 3 is 2.29 bits per heavy atom. The van der Waals surface area contributed by atoms with Crippen LogP contribution < -0.4 is 5.32 Å². The van der Waals surface area contributed by atoms with Gasteiger partial charge in [0.2, 0.25) is 0 Å². The van der Waals surface area contributed by atoms with Gasteiger partial charge in [0.25, 0.3) is 0 Å². The van der Waals surface area contributed by atoms with Gasteiger partial charge in [0.1, 0.15) is 5.60 Å². The van der Waals surface area contributed by atoms with E-state index in [1.165, 1.54) is 25.9 Å². The summed E-state index contributed by atoms with van der Waals surface area (Å²) >= 11 is 0. The van der Waals surface area contributed by atoms with E-state index < -0.39 is 11.7 Å². The lowest BCUT2D eigenvalue weighted by atomic mass is 10.2. The van der Waals surface area contributed by atoms with Crippen LogP contribution in [0.4, 0.5) is 4.79 Å². The molecule has 1 aliphatic rings. The third-order valence-corrected chi connectivity index (χ3v) is 3.04. The quantitative estimate of drug-likeness (QED) is 0.656.